The molecule has 39 heavy (non-hydrogen) atoms. The Morgan fingerprint density at radius 1 is 1.13 bits per heavy atom. The maximum Gasteiger partial charge on any atom is 0.255 e. The lowest BCUT2D eigenvalue weighted by Crippen LogP contribution is -2.80. The summed E-state index contributed by atoms with van der Waals surface area (Å²) < 4.78 is 0. The van der Waals surface area contributed by atoms with Gasteiger partial charge in [-0.3, -0.25) is 19.3 Å². The molecule has 1 aliphatic heterocycles. The van der Waals surface area contributed by atoms with Crippen LogP contribution in [0, 0.1) is 16.7 Å². The van der Waals surface area contributed by atoms with Gasteiger partial charge >= 0.3 is 0 Å². The number of aromatic hydroxyl groups is 1. The van der Waals surface area contributed by atoms with E-state index < -0.39 is 69.1 Å². The van der Waals surface area contributed by atoms with Crippen LogP contribution in [0.3, 0.4) is 0 Å². The van der Waals surface area contributed by atoms with Crippen LogP contribution in [0.4, 0.5) is 5.69 Å². The molecule has 0 bridgehead atoms. The molecule has 1 amide bonds. The molecule has 1 saturated heterocycles. The third kappa shape index (κ3) is 3.24. The van der Waals surface area contributed by atoms with Gasteiger partial charge < -0.3 is 37.4 Å². The van der Waals surface area contributed by atoms with E-state index in [1.807, 2.05) is 4.90 Å². The van der Waals surface area contributed by atoms with Gasteiger partial charge in [-0.05, 0) is 57.8 Å². The summed E-state index contributed by atoms with van der Waals surface area (Å²) in [7, 11) is 2.96. The lowest BCUT2D eigenvalue weighted by molar-refractivity contribution is -0.139. The molecule has 0 unspecified atom stereocenters. The number of fused-ring (bicyclic) bond motifs is 3. The normalized spacial score (nSPS) is 32.5. The Morgan fingerprint density at radius 2 is 1.77 bits per heavy atom. The van der Waals surface area contributed by atoms with E-state index in [2.05, 4.69) is 0 Å². The molecule has 0 aromatic heterocycles. The zero-order valence-corrected chi connectivity index (χ0v) is 21.8. The second kappa shape index (κ2) is 8.54. The highest BCUT2D eigenvalue weighted by atomic mass is 16.3. The number of carbonyl (C=O) groups is 3. The molecule has 2 fully saturated rings. The van der Waals surface area contributed by atoms with Crippen molar-refractivity contribution < 1.29 is 29.7 Å². The van der Waals surface area contributed by atoms with Crippen molar-refractivity contribution in [2.45, 2.75) is 49.2 Å². The van der Waals surface area contributed by atoms with Gasteiger partial charge in [-0.2, -0.15) is 5.26 Å². The first kappa shape index (κ1) is 26.7. The average molecular weight is 537 g/mol. The highest BCUT2D eigenvalue weighted by Gasteiger charge is 2.74. The molecule has 1 saturated carbocycles. The van der Waals surface area contributed by atoms with Crippen LogP contribution in [-0.2, 0) is 20.8 Å². The Labute approximate surface area is 224 Å². The van der Waals surface area contributed by atoms with Crippen molar-refractivity contribution in [3.05, 3.63) is 40.2 Å². The first-order chi connectivity index (χ1) is 18.3. The Kier molecular flexibility index (Phi) is 5.84. The number of phenols is 1. The number of rotatable bonds is 3. The Morgan fingerprint density at radius 3 is 2.33 bits per heavy atom. The Balaban J connectivity index is 1.79. The number of phenolic OH excluding ortho intramolecular Hbond substituents is 1. The van der Waals surface area contributed by atoms with Crippen molar-refractivity contribution in [1.29, 1.82) is 5.26 Å². The van der Waals surface area contributed by atoms with Gasteiger partial charge in [0.2, 0.25) is 0 Å². The fraction of sp³-hybridized carbons (Fsp3) is 0.481. The minimum absolute atomic E-state index is 0.00903. The van der Waals surface area contributed by atoms with Crippen LogP contribution in [0.5, 0.6) is 5.75 Å². The van der Waals surface area contributed by atoms with E-state index in [1.54, 1.807) is 18.2 Å². The molecular weight excluding hydrogens is 504 g/mol. The fourth-order valence-electron chi connectivity index (χ4n) is 7.20. The number of benzene rings is 1. The van der Waals surface area contributed by atoms with Crippen molar-refractivity contribution >= 4 is 28.9 Å². The van der Waals surface area contributed by atoms with E-state index in [0.717, 1.165) is 19.3 Å². The smallest absolute Gasteiger partial charge is 0.255 e. The number of amides is 1. The molecule has 0 spiro atoms. The second-order valence-electron chi connectivity index (χ2n) is 11.3. The number of anilines is 1. The van der Waals surface area contributed by atoms with Gasteiger partial charge in [0.15, 0.2) is 17.0 Å². The van der Waals surface area contributed by atoms with Gasteiger partial charge in [-0.25, -0.2) is 0 Å². The summed E-state index contributed by atoms with van der Waals surface area (Å²) in [6.07, 6.45) is 2.51. The molecule has 3 aliphatic carbocycles. The number of ketones is 2. The lowest BCUT2D eigenvalue weighted by Gasteiger charge is -2.58. The van der Waals surface area contributed by atoms with Gasteiger partial charge in [0.05, 0.1) is 40.0 Å². The first-order valence-corrected chi connectivity index (χ1v) is 12.8. The van der Waals surface area contributed by atoms with Gasteiger partial charge in [-0.15, -0.1) is 0 Å². The highest BCUT2D eigenvalue weighted by molar-refractivity contribution is 6.25. The first-order valence-electron chi connectivity index (χ1n) is 12.8. The number of aliphatic hydroxyl groups is 2. The average Bonchev–Trinajstić information content (AvgIpc) is 2.83. The minimum atomic E-state index is -2.66. The topological polar surface area (TPSA) is 220 Å². The van der Waals surface area contributed by atoms with E-state index in [0.29, 0.717) is 24.3 Å². The lowest BCUT2D eigenvalue weighted by atomic mass is 9.47. The predicted molar refractivity (Wildman–Crippen MR) is 140 cm³/mol. The second-order valence-corrected chi connectivity index (χ2v) is 11.3. The molecule has 1 aromatic rings. The van der Waals surface area contributed by atoms with Gasteiger partial charge in [0.1, 0.15) is 22.8 Å². The standard InChI is InChI=1S/C27H32N6O6/c1-32(2)21-20(36)16(24(29)39)22(37)26(12-28)23(38)17-19(35)15-13(10-25(17,30)11-27(21,26)31)6-7-14(18(15)34)33-8-4-3-5-9-33/h6-7,21,34-35,37H,3-5,8-11,30-31H2,1-2H3,(H2,29,39)/t21-,25-,26+,27-/m1/s1. The number of nitrogens with two attached hydrogens (primary N) is 3. The van der Waals surface area contributed by atoms with Crippen LogP contribution in [-0.4, -0.2) is 82.0 Å². The van der Waals surface area contributed by atoms with E-state index in [4.69, 9.17) is 17.2 Å². The molecular formula is C27H32N6O6. The van der Waals surface area contributed by atoms with Crippen molar-refractivity contribution in [2.24, 2.45) is 22.6 Å². The maximum absolute atomic E-state index is 14.4. The van der Waals surface area contributed by atoms with Crippen LogP contribution in [0.25, 0.3) is 5.76 Å². The third-order valence-corrected chi connectivity index (χ3v) is 8.80. The number of nitrogens with zero attached hydrogens (tertiary/aromatic N) is 3. The van der Waals surface area contributed by atoms with Crippen LogP contribution in [0.1, 0.15) is 36.8 Å². The minimum Gasteiger partial charge on any atom is -0.509 e. The maximum atomic E-state index is 14.4. The summed E-state index contributed by atoms with van der Waals surface area (Å²) in [4.78, 5) is 43.4. The summed E-state index contributed by atoms with van der Waals surface area (Å²) in [6, 6.07) is 3.81. The summed E-state index contributed by atoms with van der Waals surface area (Å²) in [5, 5.41) is 44.5. The van der Waals surface area contributed by atoms with Crippen LogP contribution in [0.15, 0.2) is 29.0 Å². The predicted octanol–water partition coefficient (Wildman–Crippen LogP) is -0.104. The van der Waals surface area contributed by atoms with Crippen molar-refractivity contribution in [3.63, 3.8) is 0 Å². The van der Waals surface area contributed by atoms with Crippen molar-refractivity contribution in [3.8, 4) is 11.8 Å². The zero-order valence-electron chi connectivity index (χ0n) is 21.8. The number of hydrogen-bond donors (Lipinski definition) is 6. The summed E-state index contributed by atoms with van der Waals surface area (Å²) >= 11 is 0. The number of nitriles is 1. The monoisotopic (exact) mass is 536 g/mol. The van der Waals surface area contributed by atoms with E-state index >= 15 is 0 Å². The van der Waals surface area contributed by atoms with E-state index in [9.17, 15) is 35.0 Å². The largest absolute Gasteiger partial charge is 0.509 e. The summed E-state index contributed by atoms with van der Waals surface area (Å²) in [5.74, 6) is -5.44. The van der Waals surface area contributed by atoms with Gasteiger partial charge in [0, 0.05) is 13.1 Å². The van der Waals surface area contributed by atoms with Crippen molar-refractivity contribution in [2.75, 3.05) is 32.1 Å². The summed E-state index contributed by atoms with van der Waals surface area (Å²) in [5.41, 5.74) is 12.2. The molecule has 4 aliphatic rings. The Hall–Kier alpha value is -3.92. The number of carbonyl (C=O) groups excluding carboxylic acids is 3. The number of Topliss-reactive ketones (excluding diaryl/α,β-unsaturated/α-hetero) is 2. The number of hydrogen-bond acceptors (Lipinski definition) is 11. The fourth-order valence-corrected chi connectivity index (χ4v) is 7.20. The summed E-state index contributed by atoms with van der Waals surface area (Å²) in [6.45, 7) is 1.43. The van der Waals surface area contributed by atoms with Crippen molar-refractivity contribution in [1.82, 2.24) is 4.90 Å². The molecule has 12 nitrogen and oxygen atoms in total. The Bertz CT molecular complexity index is 1440. The molecule has 4 atom stereocenters. The molecule has 206 valence electrons. The SMILES string of the molecule is CN(C)[C@@H]1C(=O)C(C(N)=O)=C(O)[C@@]2(C#N)C(=O)C3=C(O)c4c(ccc(N5CCCCC5)c4O)C[C@@]3(N)C[C@@]12N. The third-order valence-electron chi connectivity index (χ3n) is 8.80. The molecule has 1 heterocycles. The molecule has 9 N–H and O–H groups in total. The number of aliphatic hydroxyl groups excluding tert-OH is 2. The molecule has 1 aromatic carbocycles. The van der Waals surface area contributed by atoms with Crippen LogP contribution < -0.4 is 22.1 Å². The van der Waals surface area contributed by atoms with Crippen LogP contribution in [0.2, 0.25) is 0 Å². The van der Waals surface area contributed by atoms with E-state index in [1.165, 1.54) is 19.0 Å². The van der Waals surface area contributed by atoms with Gasteiger partial charge in [-0.1, -0.05) is 6.07 Å². The molecule has 12 heteroatoms. The highest BCUT2D eigenvalue weighted by Crippen LogP contribution is 2.58. The number of piperidine rings is 1. The molecule has 5 rings (SSSR count). The number of primary amides is 1. The quantitative estimate of drug-likeness (QED) is 0.280. The number of likely N-dealkylation sites (N-methyl/N-ethyl adjacent to an activating group) is 1. The molecule has 0 radical (unpaired) electrons. The van der Waals surface area contributed by atoms with Crippen LogP contribution >= 0.6 is 0 Å². The van der Waals surface area contributed by atoms with E-state index in [-0.39, 0.29) is 17.7 Å². The van der Waals surface area contributed by atoms with Gasteiger partial charge in [0.25, 0.3) is 5.91 Å². The zero-order chi connectivity index (χ0) is 28.7.